The van der Waals surface area contributed by atoms with E-state index in [1.165, 1.54) is 33.9 Å². The highest BCUT2D eigenvalue weighted by Crippen LogP contribution is 2.19. The summed E-state index contributed by atoms with van der Waals surface area (Å²) in [4.78, 5) is 126. The smallest absolute Gasteiger partial charge is 0.327 e. The summed E-state index contributed by atoms with van der Waals surface area (Å²) in [5.74, 6) is -12.5. The van der Waals surface area contributed by atoms with Crippen LogP contribution < -0.4 is 43.4 Å². The number of carbonyl (C=O) groups is 9. The minimum absolute atomic E-state index is 0.0248. The third kappa shape index (κ3) is 20.0. The third-order valence-electron chi connectivity index (χ3n) is 12.6. The topological polar surface area (TPSA) is 343 Å². The zero-order valence-electron chi connectivity index (χ0n) is 42.9. The molecule has 0 radical (unpaired) electrons. The quantitative estimate of drug-likeness (QED) is 0.0364. The number of nitrogens with one attached hydrogen (secondary N) is 6. The van der Waals surface area contributed by atoms with Gasteiger partial charge in [0.2, 0.25) is 35.4 Å². The van der Waals surface area contributed by atoms with Crippen LogP contribution in [0.2, 0.25) is 0 Å². The average Bonchev–Trinajstić information content (AvgIpc) is 3.33. The lowest BCUT2D eigenvalue weighted by Gasteiger charge is -2.29. The summed E-state index contributed by atoms with van der Waals surface area (Å²) in [6.07, 6.45) is 5.23. The van der Waals surface area contributed by atoms with Crippen molar-refractivity contribution in [2.45, 2.75) is 136 Å². The predicted octanol–water partition coefficient (Wildman–Crippen LogP) is 1.01. The Morgan fingerprint density at radius 2 is 1.47 bits per heavy atom. The van der Waals surface area contributed by atoms with Gasteiger partial charge in [-0.15, -0.1) is 0 Å². The van der Waals surface area contributed by atoms with Crippen LogP contribution in [-0.4, -0.2) is 137 Å². The van der Waals surface area contributed by atoms with Gasteiger partial charge in [-0.25, -0.2) is 9.59 Å². The zero-order chi connectivity index (χ0) is 54.4. The fourth-order valence-electron chi connectivity index (χ4n) is 7.55. The van der Waals surface area contributed by atoms with Crippen LogP contribution in [0.1, 0.15) is 92.6 Å². The number of carboxylic acid groups (broad SMARTS) is 2. The summed E-state index contributed by atoms with van der Waals surface area (Å²) >= 11 is 0. The molecule has 1 aromatic rings. The van der Waals surface area contributed by atoms with Gasteiger partial charge in [0.05, 0.1) is 24.0 Å². The summed E-state index contributed by atoms with van der Waals surface area (Å²) in [5.41, 5.74) is 12.4. The number of hydrogen-bond acceptors (Lipinski definition) is 11. The minimum Gasteiger partial charge on any atom is -0.480 e. The molecule has 0 spiro atoms. The van der Waals surface area contributed by atoms with Crippen LogP contribution in [0.25, 0.3) is 0 Å². The highest BCUT2D eigenvalue weighted by atomic mass is 16.5. The number of allylic oxidation sites excluding steroid dienone is 2. The van der Waals surface area contributed by atoms with Crippen molar-refractivity contribution in [3.8, 4) is 0 Å². The number of rotatable bonds is 16. The van der Waals surface area contributed by atoms with Gasteiger partial charge in [0.25, 0.3) is 5.91 Å². The van der Waals surface area contributed by atoms with Gasteiger partial charge < -0.3 is 63.2 Å². The van der Waals surface area contributed by atoms with Crippen LogP contribution in [0.5, 0.6) is 0 Å². The summed E-state index contributed by atoms with van der Waals surface area (Å²) < 4.78 is 5.82. The molecule has 12 N–H and O–H groups in total. The maximum atomic E-state index is 14.4. The molecule has 1 heterocycles. The molecule has 22 heteroatoms. The van der Waals surface area contributed by atoms with Crippen LogP contribution in [-0.2, 0) is 54.3 Å². The van der Waals surface area contributed by atoms with E-state index < -0.39 is 120 Å². The van der Waals surface area contributed by atoms with E-state index in [0.29, 0.717) is 18.4 Å². The second-order valence-electron chi connectivity index (χ2n) is 18.4. The number of carboxylic acids is 2. The number of ether oxygens (including phenoxy) is 1. The Morgan fingerprint density at radius 3 is 2.06 bits per heavy atom. The molecule has 0 aliphatic carbocycles. The number of aliphatic carboxylic acids is 2. The molecule has 1 aliphatic heterocycles. The molecule has 7 amide bonds. The maximum Gasteiger partial charge on any atom is 0.327 e. The number of methoxy groups -OCH3 is 1. The van der Waals surface area contributed by atoms with E-state index >= 15 is 0 Å². The molecule has 1 saturated heterocycles. The number of carbonyl (C=O) groups excluding carboxylic acids is 7. The van der Waals surface area contributed by atoms with Gasteiger partial charge in [0, 0.05) is 33.0 Å². The monoisotopic (exact) mass is 1010 g/mol. The van der Waals surface area contributed by atoms with Crippen LogP contribution >= 0.6 is 0 Å². The van der Waals surface area contributed by atoms with Crippen LogP contribution in [0.15, 0.2) is 71.4 Å². The van der Waals surface area contributed by atoms with E-state index in [2.05, 4.69) is 43.5 Å². The Bertz CT molecular complexity index is 2180. The van der Waals surface area contributed by atoms with Crippen molar-refractivity contribution in [1.82, 2.24) is 36.8 Å². The van der Waals surface area contributed by atoms with E-state index in [9.17, 15) is 53.4 Å². The van der Waals surface area contributed by atoms with Gasteiger partial charge in [0.1, 0.15) is 35.9 Å². The third-order valence-corrected chi connectivity index (χ3v) is 12.6. The second-order valence-corrected chi connectivity index (χ2v) is 18.4. The Hall–Kier alpha value is -7.10. The Morgan fingerprint density at radius 1 is 0.861 bits per heavy atom. The summed E-state index contributed by atoms with van der Waals surface area (Å²) in [6, 6.07) is 1.01. The molecule has 1 aromatic carbocycles. The lowest BCUT2D eigenvalue weighted by Crippen LogP contribution is -2.59. The highest BCUT2D eigenvalue weighted by molar-refractivity contribution is 6.00. The van der Waals surface area contributed by atoms with Crippen LogP contribution in [0.4, 0.5) is 0 Å². The van der Waals surface area contributed by atoms with Crippen molar-refractivity contribution >= 4 is 59.2 Å². The molecule has 398 valence electrons. The molecule has 11 atom stereocenters. The van der Waals surface area contributed by atoms with Crippen molar-refractivity contribution in [3.05, 3.63) is 72.0 Å². The number of likely N-dealkylation sites (N-methyl/N-ethyl adjacent to an activating group) is 1. The van der Waals surface area contributed by atoms with E-state index in [-0.39, 0.29) is 49.7 Å². The lowest BCUT2D eigenvalue weighted by molar-refractivity contribution is -0.146. The van der Waals surface area contributed by atoms with Crippen molar-refractivity contribution < 1.29 is 58.1 Å². The number of amides is 7. The maximum absolute atomic E-state index is 14.4. The SMILES string of the molecule is C=C1C(=O)N[C@H](C)C(=O)N[C@@H](C[C@@H](C)CC)C(=O)N[C@@H](C(=O)O)[C@H](C)C(=O)N[C@@H](CCCN=C(N)N)C(=O)N[C@@H](C=CC(C)=C[C@H](C)[C@H](Cc2ccccc2)OC)[C@H](C)C(=O)N[C@@H](C(=O)O)CCC(=O)N1C. The van der Waals surface area contributed by atoms with Crippen molar-refractivity contribution in [2.24, 2.45) is 40.1 Å². The molecular formula is C50H76N10O12. The summed E-state index contributed by atoms with van der Waals surface area (Å²) in [7, 11) is 2.83. The molecule has 0 bridgehead atoms. The molecule has 0 unspecified atom stereocenters. The standard InChI is InChI=1S/C50H76N10O12/c1-11-27(2)25-38-47(67)59-41(49(70)71)31(6)43(63)56-36(18-15-23-53-50(51)52)46(66)55-35(20-19-28(3)24-29(4)39(72-10)26-34-16-13-12-14-17-34)30(5)42(62)57-37(48(68)69)21-22-40(61)60(9)33(8)45(65)54-32(7)44(64)58-38/h12-14,16-17,19-20,24,27,29-32,35-39,41H,8,11,15,18,21-23,25-26H2,1-7,9-10H3,(H,54,65)(H,55,66)(H,56,63)(H,57,62)(H,58,64)(H,59,67)(H,68,69)(H,70,71)(H4,51,52,53)/t27-,29-,30-,31-,32+,35-,36-,37+,38-,39-,41+/m0/s1. The first-order valence-electron chi connectivity index (χ1n) is 24.0. The van der Waals surface area contributed by atoms with Crippen LogP contribution in [0.3, 0.4) is 0 Å². The lowest BCUT2D eigenvalue weighted by atomic mass is 9.94. The fourth-order valence-corrected chi connectivity index (χ4v) is 7.55. The van der Waals surface area contributed by atoms with Gasteiger partial charge in [-0.1, -0.05) is 102 Å². The molecule has 72 heavy (non-hydrogen) atoms. The predicted molar refractivity (Wildman–Crippen MR) is 269 cm³/mol. The second kappa shape index (κ2) is 29.9. The fraction of sp³-hybridized carbons (Fsp3) is 0.560. The molecule has 1 fully saturated rings. The molecule has 0 aromatic heterocycles. The van der Waals surface area contributed by atoms with Crippen molar-refractivity contribution in [3.63, 3.8) is 0 Å². The Kier molecular flexibility index (Phi) is 25.4. The zero-order valence-corrected chi connectivity index (χ0v) is 42.9. The van der Waals surface area contributed by atoms with Gasteiger partial charge in [-0.05, 0) is 57.4 Å². The van der Waals surface area contributed by atoms with Gasteiger partial charge >= 0.3 is 11.9 Å². The van der Waals surface area contributed by atoms with Crippen molar-refractivity contribution in [2.75, 3.05) is 20.7 Å². The molecule has 0 saturated carbocycles. The Labute approximate surface area is 421 Å². The first-order valence-corrected chi connectivity index (χ1v) is 24.0. The molecular weight excluding hydrogens is 933 g/mol. The number of benzene rings is 1. The number of nitrogens with two attached hydrogens (primary N) is 2. The minimum atomic E-state index is -1.88. The van der Waals surface area contributed by atoms with E-state index in [1.54, 1.807) is 27.0 Å². The number of nitrogens with zero attached hydrogens (tertiary/aromatic N) is 2. The largest absolute Gasteiger partial charge is 0.480 e. The molecule has 2 rings (SSSR count). The van der Waals surface area contributed by atoms with E-state index in [0.717, 1.165) is 10.5 Å². The van der Waals surface area contributed by atoms with Crippen LogP contribution in [0, 0.1) is 23.7 Å². The first kappa shape index (κ1) is 61.0. The normalized spacial score (nSPS) is 25.5. The van der Waals surface area contributed by atoms with Gasteiger partial charge in [-0.3, -0.25) is 38.6 Å². The molecule has 22 nitrogen and oxygen atoms in total. The number of hydrogen-bond donors (Lipinski definition) is 10. The van der Waals surface area contributed by atoms with E-state index in [4.69, 9.17) is 16.2 Å². The van der Waals surface area contributed by atoms with Crippen molar-refractivity contribution in [1.29, 1.82) is 0 Å². The summed E-state index contributed by atoms with van der Waals surface area (Å²) in [5, 5.41) is 35.6. The van der Waals surface area contributed by atoms with Gasteiger partial charge in [-0.2, -0.15) is 0 Å². The highest BCUT2D eigenvalue weighted by Gasteiger charge is 2.37. The van der Waals surface area contributed by atoms with E-state index in [1.807, 2.05) is 50.3 Å². The number of guanidine groups is 1. The molecule has 1 aliphatic rings. The first-order chi connectivity index (χ1) is 33.8. The van der Waals surface area contributed by atoms with Gasteiger partial charge in [0.15, 0.2) is 5.96 Å². The number of aliphatic imine (C=N–C) groups is 1. The summed E-state index contributed by atoms with van der Waals surface area (Å²) in [6.45, 7) is 15.1. The average molecular weight is 1010 g/mol. The Balaban J connectivity index is 2.74.